The van der Waals surface area contributed by atoms with E-state index >= 15 is 0 Å². The van der Waals surface area contributed by atoms with Gasteiger partial charge in [0.1, 0.15) is 0 Å². The third kappa shape index (κ3) is 2.78. The van der Waals surface area contributed by atoms with Crippen molar-refractivity contribution in [2.75, 3.05) is 25.7 Å². The van der Waals surface area contributed by atoms with E-state index in [1.165, 1.54) is 12.3 Å². The van der Waals surface area contributed by atoms with Crippen molar-refractivity contribution < 1.29 is 0 Å². The molecule has 0 radical (unpaired) electrons. The molecule has 2 atom stereocenters. The minimum absolute atomic E-state index is 0.0838. The highest BCUT2D eigenvalue weighted by atomic mass is 31.1. The lowest BCUT2D eigenvalue weighted by molar-refractivity contribution is 1.50. The van der Waals surface area contributed by atoms with Gasteiger partial charge in [-0.1, -0.05) is 54.0 Å². The molecule has 0 N–H and O–H groups in total. The zero-order chi connectivity index (χ0) is 10.6. The third-order valence-electron chi connectivity index (χ3n) is 2.65. The molecule has 1 aromatic rings. The first-order valence-electron chi connectivity index (χ1n) is 5.22. The Morgan fingerprint density at radius 1 is 0.857 bits per heavy atom. The first-order chi connectivity index (χ1) is 6.70. The van der Waals surface area contributed by atoms with Crippen LogP contribution in [0.4, 0.5) is 0 Å². The summed E-state index contributed by atoms with van der Waals surface area (Å²) < 4.78 is 0. The highest BCUT2D eigenvalue weighted by Crippen LogP contribution is 2.34. The van der Waals surface area contributed by atoms with Gasteiger partial charge in [0.05, 0.1) is 0 Å². The van der Waals surface area contributed by atoms with Gasteiger partial charge in [-0.25, -0.2) is 0 Å². The van der Waals surface area contributed by atoms with Crippen molar-refractivity contribution in [3.05, 3.63) is 24.3 Å². The summed E-state index contributed by atoms with van der Waals surface area (Å²) in [5, 5.41) is 3.28. The molecule has 2 unspecified atom stereocenters. The predicted octanol–water partition coefficient (Wildman–Crippen LogP) is 3.20. The van der Waals surface area contributed by atoms with Gasteiger partial charge in [-0.2, -0.15) is 0 Å². The first-order valence-corrected chi connectivity index (χ1v) is 9.16. The molecule has 0 saturated heterocycles. The van der Waals surface area contributed by atoms with E-state index in [0.717, 1.165) is 0 Å². The maximum atomic E-state index is 2.40. The standard InChI is InChI=1S/C12H20P2/c1-5-13(3)11-9-7-8-10-12(11)14(4)6-2/h7-10H,5-6H2,1-4H3. The highest BCUT2D eigenvalue weighted by Gasteiger charge is 2.11. The Labute approximate surface area is 90.6 Å². The van der Waals surface area contributed by atoms with Crippen LogP contribution in [-0.2, 0) is 0 Å². The maximum absolute atomic E-state index is 2.40. The lowest BCUT2D eigenvalue weighted by Gasteiger charge is -2.19. The van der Waals surface area contributed by atoms with Crippen molar-refractivity contribution in [2.24, 2.45) is 0 Å². The van der Waals surface area contributed by atoms with E-state index < -0.39 is 0 Å². The number of rotatable bonds is 4. The zero-order valence-electron chi connectivity index (χ0n) is 9.62. The molecular formula is C12H20P2. The fraction of sp³-hybridized carbons (Fsp3) is 0.500. The quantitative estimate of drug-likeness (QED) is 0.691. The van der Waals surface area contributed by atoms with Crippen LogP contribution in [0.1, 0.15) is 13.8 Å². The van der Waals surface area contributed by atoms with E-state index in [1.807, 2.05) is 0 Å². The average Bonchev–Trinajstić information content (AvgIpc) is 2.27. The van der Waals surface area contributed by atoms with Crippen LogP contribution >= 0.6 is 15.8 Å². The molecule has 0 fully saturated rings. The van der Waals surface area contributed by atoms with Crippen molar-refractivity contribution in [2.45, 2.75) is 13.8 Å². The summed E-state index contributed by atoms with van der Waals surface area (Å²) >= 11 is 0. The van der Waals surface area contributed by atoms with Gasteiger partial charge in [-0.3, -0.25) is 0 Å². The molecule has 0 aliphatic carbocycles. The van der Waals surface area contributed by atoms with Crippen molar-refractivity contribution >= 4 is 26.5 Å². The second kappa shape index (κ2) is 5.84. The van der Waals surface area contributed by atoms with Crippen molar-refractivity contribution in [3.8, 4) is 0 Å². The lowest BCUT2D eigenvalue weighted by atomic mass is 10.4. The van der Waals surface area contributed by atoms with E-state index in [9.17, 15) is 0 Å². The molecule has 1 aromatic carbocycles. The second-order valence-electron chi connectivity index (χ2n) is 3.52. The fourth-order valence-corrected chi connectivity index (χ4v) is 4.77. The van der Waals surface area contributed by atoms with Crippen molar-refractivity contribution in [1.29, 1.82) is 0 Å². The Morgan fingerprint density at radius 3 is 1.50 bits per heavy atom. The molecule has 1 rings (SSSR count). The molecule has 0 nitrogen and oxygen atoms in total. The maximum Gasteiger partial charge on any atom is -0.0167 e. The molecular weight excluding hydrogens is 206 g/mol. The topological polar surface area (TPSA) is 0 Å². The van der Waals surface area contributed by atoms with E-state index in [0.29, 0.717) is 0 Å². The van der Waals surface area contributed by atoms with Gasteiger partial charge in [-0.15, -0.1) is 0 Å². The van der Waals surface area contributed by atoms with Gasteiger partial charge in [0, 0.05) is 0 Å². The van der Waals surface area contributed by atoms with E-state index in [1.54, 1.807) is 10.6 Å². The largest absolute Gasteiger partial charge is 0.0781 e. The summed E-state index contributed by atoms with van der Waals surface area (Å²) in [6, 6.07) is 9.04. The molecule has 0 saturated carbocycles. The monoisotopic (exact) mass is 226 g/mol. The van der Waals surface area contributed by atoms with Gasteiger partial charge in [0.25, 0.3) is 0 Å². The molecule has 0 bridgehead atoms. The summed E-state index contributed by atoms with van der Waals surface area (Å²) in [7, 11) is 0.168. The van der Waals surface area contributed by atoms with Gasteiger partial charge in [0.15, 0.2) is 0 Å². The summed E-state index contributed by atoms with van der Waals surface area (Å²) in [5.41, 5.74) is 0. The lowest BCUT2D eigenvalue weighted by Crippen LogP contribution is -2.21. The van der Waals surface area contributed by atoms with Crippen LogP contribution in [-0.4, -0.2) is 25.7 Å². The molecule has 0 aliphatic heterocycles. The van der Waals surface area contributed by atoms with Gasteiger partial charge >= 0.3 is 0 Å². The summed E-state index contributed by atoms with van der Waals surface area (Å²) in [4.78, 5) is 0. The molecule has 0 aromatic heterocycles. The van der Waals surface area contributed by atoms with Crippen LogP contribution in [0.3, 0.4) is 0 Å². The Morgan fingerprint density at radius 2 is 1.21 bits per heavy atom. The highest BCUT2D eigenvalue weighted by molar-refractivity contribution is 7.71. The molecule has 14 heavy (non-hydrogen) atoms. The summed E-state index contributed by atoms with van der Waals surface area (Å²) in [5.74, 6) is 0. The normalized spacial score (nSPS) is 15.1. The number of hydrogen-bond donors (Lipinski definition) is 0. The van der Waals surface area contributed by atoms with E-state index in [4.69, 9.17) is 0 Å². The van der Waals surface area contributed by atoms with Crippen LogP contribution in [0.15, 0.2) is 24.3 Å². The SMILES string of the molecule is CCP(C)c1ccccc1P(C)CC. The van der Waals surface area contributed by atoms with Crippen LogP contribution in [0, 0.1) is 0 Å². The number of hydrogen-bond acceptors (Lipinski definition) is 0. The Hall–Kier alpha value is 0.0800. The minimum atomic E-state index is 0.0838. The van der Waals surface area contributed by atoms with Gasteiger partial charge in [-0.05, 0) is 36.3 Å². The molecule has 0 spiro atoms. The van der Waals surface area contributed by atoms with Crippen LogP contribution in [0.2, 0.25) is 0 Å². The fourth-order valence-electron chi connectivity index (χ4n) is 1.45. The first kappa shape index (κ1) is 12.2. The number of benzene rings is 1. The van der Waals surface area contributed by atoms with Crippen LogP contribution in [0.25, 0.3) is 0 Å². The van der Waals surface area contributed by atoms with Crippen molar-refractivity contribution in [3.63, 3.8) is 0 Å². The smallest absolute Gasteiger partial charge is 0.0167 e. The average molecular weight is 226 g/mol. The van der Waals surface area contributed by atoms with Crippen LogP contribution in [0.5, 0.6) is 0 Å². The molecule has 0 amide bonds. The van der Waals surface area contributed by atoms with Crippen molar-refractivity contribution in [1.82, 2.24) is 0 Å². The molecule has 0 aliphatic rings. The Kier molecular flexibility index (Phi) is 5.07. The second-order valence-corrected chi connectivity index (χ2v) is 8.54. The third-order valence-corrected chi connectivity index (χ3v) is 7.15. The zero-order valence-corrected chi connectivity index (χ0v) is 11.4. The molecule has 0 heterocycles. The van der Waals surface area contributed by atoms with Gasteiger partial charge < -0.3 is 0 Å². The van der Waals surface area contributed by atoms with E-state index in [-0.39, 0.29) is 15.8 Å². The van der Waals surface area contributed by atoms with Gasteiger partial charge in [0.2, 0.25) is 0 Å². The summed E-state index contributed by atoms with van der Waals surface area (Å²) in [6.07, 6.45) is 2.61. The minimum Gasteiger partial charge on any atom is -0.0781 e. The molecule has 2 heteroatoms. The Bertz CT molecular complexity index is 254. The molecule has 78 valence electrons. The Balaban J connectivity index is 3.02. The predicted molar refractivity (Wildman–Crippen MR) is 72.5 cm³/mol. The summed E-state index contributed by atoms with van der Waals surface area (Å²) in [6.45, 7) is 9.39. The van der Waals surface area contributed by atoms with Crippen LogP contribution < -0.4 is 10.6 Å². The van der Waals surface area contributed by atoms with E-state index in [2.05, 4.69) is 51.4 Å².